The third kappa shape index (κ3) is 1.33. The van der Waals surface area contributed by atoms with Gasteiger partial charge in [-0.15, -0.1) is 6.58 Å². The van der Waals surface area contributed by atoms with Crippen molar-refractivity contribution in [2.45, 2.75) is 18.8 Å². The van der Waals surface area contributed by atoms with Crippen LogP contribution in [0.2, 0.25) is 0 Å². The number of hydrogen-bond donors (Lipinski definition) is 0. The molecule has 1 aliphatic rings. The Morgan fingerprint density at radius 2 is 2.00 bits per heavy atom. The normalized spacial score (nSPS) is 19.4. The van der Waals surface area contributed by atoms with Gasteiger partial charge in [-0.1, -0.05) is 36.4 Å². The zero-order chi connectivity index (χ0) is 10.0. The van der Waals surface area contributed by atoms with Crippen molar-refractivity contribution < 1.29 is 0 Å². The molecular weight excluding hydrogens is 170 g/mol. The highest BCUT2D eigenvalue weighted by Crippen LogP contribution is 2.55. The molecule has 0 N–H and O–H groups in total. The Morgan fingerprint density at radius 1 is 1.36 bits per heavy atom. The lowest BCUT2D eigenvalue weighted by Gasteiger charge is -2.17. The molecule has 1 unspecified atom stereocenters. The van der Waals surface area contributed by atoms with Gasteiger partial charge in [0.25, 0.3) is 0 Å². The molecular formula is C13H13N. The van der Waals surface area contributed by atoms with Crippen LogP contribution in [0.1, 0.15) is 24.3 Å². The number of allylic oxidation sites excluding steroid dienone is 1. The van der Waals surface area contributed by atoms with Gasteiger partial charge in [0, 0.05) is 5.92 Å². The molecule has 1 aromatic rings. The molecule has 0 spiro atoms. The third-order valence-corrected chi connectivity index (χ3v) is 3.00. The average Bonchev–Trinajstić information content (AvgIpc) is 3.02. The van der Waals surface area contributed by atoms with Crippen molar-refractivity contribution in [2.24, 2.45) is 5.41 Å². The second-order valence-electron chi connectivity index (χ2n) is 3.89. The van der Waals surface area contributed by atoms with Gasteiger partial charge in [-0.2, -0.15) is 5.26 Å². The topological polar surface area (TPSA) is 23.8 Å². The first-order valence-electron chi connectivity index (χ1n) is 4.91. The highest BCUT2D eigenvalue weighted by atomic mass is 14.5. The van der Waals surface area contributed by atoms with Crippen LogP contribution in [0.3, 0.4) is 0 Å². The van der Waals surface area contributed by atoms with Crippen molar-refractivity contribution in [1.82, 2.24) is 0 Å². The van der Waals surface area contributed by atoms with Crippen LogP contribution in [0, 0.1) is 16.7 Å². The summed E-state index contributed by atoms with van der Waals surface area (Å²) in [6.45, 7) is 3.84. The SMILES string of the molecule is C=CC(c1ccccc1)C1(C#N)CC1. The van der Waals surface area contributed by atoms with E-state index >= 15 is 0 Å². The summed E-state index contributed by atoms with van der Waals surface area (Å²) in [7, 11) is 0. The average molecular weight is 183 g/mol. The number of nitriles is 1. The molecule has 2 rings (SSSR count). The molecule has 0 saturated heterocycles. The summed E-state index contributed by atoms with van der Waals surface area (Å²) >= 11 is 0. The number of hydrogen-bond acceptors (Lipinski definition) is 1. The highest BCUT2D eigenvalue weighted by molar-refractivity contribution is 5.33. The van der Waals surface area contributed by atoms with E-state index in [2.05, 4.69) is 24.8 Å². The van der Waals surface area contributed by atoms with Gasteiger partial charge in [-0.25, -0.2) is 0 Å². The number of rotatable bonds is 3. The van der Waals surface area contributed by atoms with Gasteiger partial charge in [0.1, 0.15) is 0 Å². The minimum Gasteiger partial charge on any atom is -0.198 e. The third-order valence-electron chi connectivity index (χ3n) is 3.00. The fraction of sp³-hybridized carbons (Fsp3) is 0.308. The predicted octanol–water partition coefficient (Wildman–Crippen LogP) is 3.26. The van der Waals surface area contributed by atoms with E-state index in [1.54, 1.807) is 0 Å². The molecule has 0 bridgehead atoms. The lowest BCUT2D eigenvalue weighted by molar-refractivity contribution is 0.589. The minimum absolute atomic E-state index is 0.150. The summed E-state index contributed by atoms with van der Waals surface area (Å²) in [5.74, 6) is 0.202. The maximum Gasteiger partial charge on any atom is 0.0699 e. The molecule has 1 heteroatoms. The van der Waals surface area contributed by atoms with Crippen LogP contribution in [0.25, 0.3) is 0 Å². The van der Waals surface area contributed by atoms with E-state index in [0.717, 1.165) is 12.8 Å². The molecule has 1 atom stereocenters. The predicted molar refractivity (Wildman–Crippen MR) is 56.7 cm³/mol. The zero-order valence-corrected chi connectivity index (χ0v) is 8.11. The monoisotopic (exact) mass is 183 g/mol. The Kier molecular flexibility index (Phi) is 2.13. The summed E-state index contributed by atoms with van der Waals surface area (Å²) < 4.78 is 0. The second kappa shape index (κ2) is 3.31. The first kappa shape index (κ1) is 9.02. The van der Waals surface area contributed by atoms with Crippen molar-refractivity contribution in [2.75, 3.05) is 0 Å². The minimum atomic E-state index is -0.150. The van der Waals surface area contributed by atoms with Gasteiger partial charge in [-0.05, 0) is 18.4 Å². The van der Waals surface area contributed by atoms with Crippen LogP contribution in [-0.2, 0) is 0 Å². The van der Waals surface area contributed by atoms with E-state index in [4.69, 9.17) is 5.26 Å². The Bertz CT molecular complexity index is 368. The maximum atomic E-state index is 9.12. The molecule has 0 heterocycles. The number of nitrogens with zero attached hydrogens (tertiary/aromatic N) is 1. The molecule has 1 aliphatic carbocycles. The molecule has 1 fully saturated rings. The zero-order valence-electron chi connectivity index (χ0n) is 8.11. The van der Waals surface area contributed by atoms with Crippen molar-refractivity contribution in [3.8, 4) is 6.07 Å². The Hall–Kier alpha value is -1.55. The number of benzene rings is 1. The highest BCUT2D eigenvalue weighted by Gasteiger charge is 2.49. The Labute approximate surface area is 84.7 Å². The van der Waals surface area contributed by atoms with Gasteiger partial charge in [0.15, 0.2) is 0 Å². The van der Waals surface area contributed by atoms with Crippen molar-refractivity contribution in [3.05, 3.63) is 48.6 Å². The van der Waals surface area contributed by atoms with E-state index in [-0.39, 0.29) is 11.3 Å². The van der Waals surface area contributed by atoms with Crippen LogP contribution >= 0.6 is 0 Å². The fourth-order valence-corrected chi connectivity index (χ4v) is 1.97. The molecule has 1 nitrogen and oxygen atoms in total. The molecule has 1 aromatic carbocycles. The van der Waals surface area contributed by atoms with Crippen molar-refractivity contribution >= 4 is 0 Å². The van der Waals surface area contributed by atoms with Crippen LogP contribution < -0.4 is 0 Å². The van der Waals surface area contributed by atoms with Crippen LogP contribution in [0.5, 0.6) is 0 Å². The lowest BCUT2D eigenvalue weighted by atomic mass is 9.84. The quantitative estimate of drug-likeness (QED) is 0.660. The largest absolute Gasteiger partial charge is 0.198 e. The first-order chi connectivity index (χ1) is 6.82. The van der Waals surface area contributed by atoms with E-state index in [0.29, 0.717) is 0 Å². The lowest BCUT2D eigenvalue weighted by Crippen LogP contribution is -2.09. The summed E-state index contributed by atoms with van der Waals surface area (Å²) in [5, 5.41) is 9.12. The standard InChI is InChI=1S/C13H13N/c1-2-12(13(10-14)8-9-13)11-6-4-3-5-7-11/h2-7,12H,1,8-9H2. The molecule has 70 valence electrons. The van der Waals surface area contributed by atoms with E-state index in [9.17, 15) is 0 Å². The molecule has 0 aliphatic heterocycles. The van der Waals surface area contributed by atoms with Gasteiger partial charge in [0.2, 0.25) is 0 Å². The molecule has 1 saturated carbocycles. The Morgan fingerprint density at radius 3 is 2.43 bits per heavy atom. The summed E-state index contributed by atoms with van der Waals surface area (Å²) in [5.41, 5.74) is 1.06. The summed E-state index contributed by atoms with van der Waals surface area (Å²) in [6.07, 6.45) is 3.93. The van der Waals surface area contributed by atoms with E-state index < -0.39 is 0 Å². The van der Waals surface area contributed by atoms with Crippen LogP contribution in [-0.4, -0.2) is 0 Å². The first-order valence-corrected chi connectivity index (χ1v) is 4.91. The van der Waals surface area contributed by atoms with E-state index in [1.807, 2.05) is 24.3 Å². The Balaban J connectivity index is 2.33. The van der Waals surface area contributed by atoms with Gasteiger partial charge in [-0.3, -0.25) is 0 Å². The van der Waals surface area contributed by atoms with Crippen LogP contribution in [0.15, 0.2) is 43.0 Å². The van der Waals surface area contributed by atoms with Gasteiger partial charge < -0.3 is 0 Å². The van der Waals surface area contributed by atoms with Crippen molar-refractivity contribution in [1.29, 1.82) is 5.26 Å². The van der Waals surface area contributed by atoms with Crippen LogP contribution in [0.4, 0.5) is 0 Å². The molecule has 0 radical (unpaired) electrons. The van der Waals surface area contributed by atoms with Crippen molar-refractivity contribution in [3.63, 3.8) is 0 Å². The molecule has 0 aromatic heterocycles. The molecule has 14 heavy (non-hydrogen) atoms. The summed E-state index contributed by atoms with van der Waals surface area (Å²) in [6, 6.07) is 12.6. The smallest absolute Gasteiger partial charge is 0.0699 e. The fourth-order valence-electron chi connectivity index (χ4n) is 1.97. The van der Waals surface area contributed by atoms with E-state index in [1.165, 1.54) is 5.56 Å². The summed E-state index contributed by atoms with van der Waals surface area (Å²) in [4.78, 5) is 0. The maximum absolute atomic E-state index is 9.12. The molecule has 0 amide bonds. The second-order valence-corrected chi connectivity index (χ2v) is 3.89. The van der Waals surface area contributed by atoms with Gasteiger partial charge in [0.05, 0.1) is 11.5 Å². The van der Waals surface area contributed by atoms with Gasteiger partial charge >= 0.3 is 0 Å².